The quantitative estimate of drug-likeness (QED) is 0.625. The normalized spacial score (nSPS) is 10.4. The van der Waals surface area contributed by atoms with E-state index in [-0.39, 0.29) is 0 Å². The molecule has 5 heteroatoms. The summed E-state index contributed by atoms with van der Waals surface area (Å²) in [5.74, 6) is 2.05. The highest BCUT2D eigenvalue weighted by molar-refractivity contribution is 5.79. The minimum Gasteiger partial charge on any atom is -0.349 e. The molecule has 0 fully saturated rings. The van der Waals surface area contributed by atoms with Crippen LogP contribution in [0.4, 0.5) is 0 Å². The summed E-state index contributed by atoms with van der Waals surface area (Å²) < 4.78 is 2.19. The Bertz CT molecular complexity index is 589. The van der Waals surface area contributed by atoms with Crippen molar-refractivity contribution in [2.24, 2.45) is 4.99 Å². The lowest BCUT2D eigenvalue weighted by molar-refractivity contribution is 0.479. The molecule has 0 aliphatic heterocycles. The number of aromatic nitrogens is 2. The van der Waals surface area contributed by atoms with Gasteiger partial charge >= 0.3 is 0 Å². The molecule has 0 spiro atoms. The molecule has 2 rings (SSSR count). The summed E-state index contributed by atoms with van der Waals surface area (Å²) in [6.45, 7) is 1.59. The summed E-state index contributed by atoms with van der Waals surface area (Å²) >= 11 is 0. The Hall–Kier alpha value is -2.30. The van der Waals surface area contributed by atoms with Crippen LogP contribution in [0.5, 0.6) is 0 Å². The van der Waals surface area contributed by atoms with E-state index < -0.39 is 0 Å². The Morgan fingerprint density at radius 1 is 1.09 bits per heavy atom. The number of hydrogen-bond donors (Lipinski definition) is 0. The molecule has 1 aromatic carbocycles. The molecule has 0 aliphatic rings. The number of imidazole rings is 1. The van der Waals surface area contributed by atoms with Crippen LogP contribution in [0.25, 0.3) is 0 Å². The summed E-state index contributed by atoms with van der Waals surface area (Å²) in [5.41, 5.74) is 1.28. The zero-order valence-corrected chi connectivity index (χ0v) is 13.9. The van der Waals surface area contributed by atoms with Gasteiger partial charge in [0.2, 0.25) is 0 Å². The van der Waals surface area contributed by atoms with Gasteiger partial charge in [0.25, 0.3) is 0 Å². The zero-order valence-electron chi connectivity index (χ0n) is 13.9. The van der Waals surface area contributed by atoms with Crippen LogP contribution in [0.1, 0.15) is 11.4 Å². The van der Waals surface area contributed by atoms with Gasteiger partial charge in [-0.1, -0.05) is 30.3 Å². The highest BCUT2D eigenvalue weighted by Gasteiger charge is 2.06. The van der Waals surface area contributed by atoms with E-state index in [9.17, 15) is 0 Å². The van der Waals surface area contributed by atoms with Crippen LogP contribution in [-0.2, 0) is 13.0 Å². The Labute approximate surface area is 132 Å². The average molecular weight is 299 g/mol. The molecule has 0 bridgehead atoms. The SMILES string of the molecule is CN(C)C(=NCCc1nccn1Cc1ccccc1)N(C)C. The van der Waals surface area contributed by atoms with Crippen LogP contribution in [0.3, 0.4) is 0 Å². The standard InChI is InChI=1S/C17H25N5/c1-20(2)17(21(3)4)19-11-10-16-18-12-13-22(16)14-15-8-6-5-7-9-15/h5-9,12-13H,10-11,14H2,1-4H3. The summed E-state index contributed by atoms with van der Waals surface area (Å²) in [6.07, 6.45) is 4.73. The maximum atomic E-state index is 4.66. The summed E-state index contributed by atoms with van der Waals surface area (Å²) in [4.78, 5) is 13.2. The number of aliphatic imine (C=N–C) groups is 1. The lowest BCUT2D eigenvalue weighted by Crippen LogP contribution is -2.35. The minimum absolute atomic E-state index is 0.734. The van der Waals surface area contributed by atoms with E-state index in [1.54, 1.807) is 0 Å². The molecule has 118 valence electrons. The Balaban J connectivity index is 2.00. The number of guanidine groups is 1. The van der Waals surface area contributed by atoms with Crippen molar-refractivity contribution >= 4 is 5.96 Å². The van der Waals surface area contributed by atoms with Crippen LogP contribution < -0.4 is 0 Å². The van der Waals surface area contributed by atoms with E-state index in [4.69, 9.17) is 0 Å². The fourth-order valence-electron chi connectivity index (χ4n) is 2.43. The third-order valence-corrected chi connectivity index (χ3v) is 3.39. The van der Waals surface area contributed by atoms with Crippen LogP contribution >= 0.6 is 0 Å². The third-order valence-electron chi connectivity index (χ3n) is 3.39. The van der Waals surface area contributed by atoms with Crippen LogP contribution in [0.2, 0.25) is 0 Å². The number of hydrogen-bond acceptors (Lipinski definition) is 2. The van der Waals surface area contributed by atoms with Crippen molar-refractivity contribution in [3.8, 4) is 0 Å². The van der Waals surface area contributed by atoms with Crippen molar-refractivity contribution in [2.75, 3.05) is 34.7 Å². The predicted octanol–water partition coefficient (Wildman–Crippen LogP) is 1.95. The molecule has 0 radical (unpaired) electrons. The topological polar surface area (TPSA) is 36.7 Å². The zero-order chi connectivity index (χ0) is 15.9. The first kappa shape index (κ1) is 16.1. The van der Waals surface area contributed by atoms with E-state index in [1.807, 2.05) is 56.5 Å². The highest BCUT2D eigenvalue weighted by Crippen LogP contribution is 2.06. The van der Waals surface area contributed by atoms with Gasteiger partial charge in [-0.05, 0) is 5.56 Å². The van der Waals surface area contributed by atoms with Crippen LogP contribution in [0.15, 0.2) is 47.7 Å². The van der Waals surface area contributed by atoms with Gasteiger partial charge in [0, 0.05) is 60.1 Å². The monoisotopic (exact) mass is 299 g/mol. The first-order valence-corrected chi connectivity index (χ1v) is 7.51. The number of benzene rings is 1. The maximum Gasteiger partial charge on any atom is 0.195 e. The van der Waals surface area contributed by atoms with Gasteiger partial charge in [-0.2, -0.15) is 0 Å². The first-order valence-electron chi connectivity index (χ1n) is 7.51. The second-order valence-corrected chi connectivity index (χ2v) is 5.68. The lowest BCUT2D eigenvalue weighted by Gasteiger charge is -2.22. The molecule has 5 nitrogen and oxygen atoms in total. The van der Waals surface area contributed by atoms with Gasteiger partial charge in [0.1, 0.15) is 5.82 Å². The van der Waals surface area contributed by atoms with Crippen molar-refractivity contribution in [1.82, 2.24) is 19.4 Å². The molecule has 1 aromatic heterocycles. The summed E-state index contributed by atoms with van der Waals surface area (Å²) in [6, 6.07) is 10.4. The molecule has 0 N–H and O–H groups in total. The third kappa shape index (κ3) is 4.35. The molecule has 0 amide bonds. The number of nitrogens with zero attached hydrogens (tertiary/aromatic N) is 5. The van der Waals surface area contributed by atoms with Crippen molar-refractivity contribution in [3.05, 3.63) is 54.1 Å². The fraction of sp³-hybridized carbons (Fsp3) is 0.412. The predicted molar refractivity (Wildman–Crippen MR) is 91.2 cm³/mol. The summed E-state index contributed by atoms with van der Waals surface area (Å²) in [5, 5.41) is 0. The van der Waals surface area contributed by atoms with Gasteiger partial charge in [-0.3, -0.25) is 4.99 Å². The van der Waals surface area contributed by atoms with Crippen LogP contribution in [0, 0.1) is 0 Å². The first-order chi connectivity index (χ1) is 10.6. The largest absolute Gasteiger partial charge is 0.349 e. The molecule has 0 unspecified atom stereocenters. The Kier molecular flexibility index (Phi) is 5.58. The molecule has 0 saturated heterocycles. The smallest absolute Gasteiger partial charge is 0.195 e. The molecule has 2 aromatic rings. The Morgan fingerprint density at radius 3 is 2.41 bits per heavy atom. The summed E-state index contributed by atoms with van der Waals surface area (Å²) in [7, 11) is 8.04. The average Bonchev–Trinajstić information content (AvgIpc) is 2.91. The molecular weight excluding hydrogens is 274 g/mol. The molecule has 0 saturated carbocycles. The van der Waals surface area contributed by atoms with Gasteiger partial charge in [-0.25, -0.2) is 4.98 Å². The minimum atomic E-state index is 0.734. The van der Waals surface area contributed by atoms with E-state index in [1.165, 1.54) is 5.56 Å². The van der Waals surface area contributed by atoms with Gasteiger partial charge in [-0.15, -0.1) is 0 Å². The molecule has 22 heavy (non-hydrogen) atoms. The van der Waals surface area contributed by atoms with Crippen molar-refractivity contribution in [2.45, 2.75) is 13.0 Å². The number of rotatable bonds is 5. The molecule has 1 heterocycles. The van der Waals surface area contributed by atoms with Crippen molar-refractivity contribution < 1.29 is 0 Å². The molecular formula is C17H25N5. The van der Waals surface area contributed by atoms with Gasteiger partial charge in [0.15, 0.2) is 5.96 Å². The second kappa shape index (κ2) is 7.64. The highest BCUT2D eigenvalue weighted by atomic mass is 15.3. The van der Waals surface area contributed by atoms with Crippen LogP contribution in [-0.4, -0.2) is 60.0 Å². The van der Waals surface area contributed by atoms with E-state index >= 15 is 0 Å². The van der Waals surface area contributed by atoms with E-state index in [2.05, 4.69) is 38.8 Å². The lowest BCUT2D eigenvalue weighted by atomic mass is 10.2. The second-order valence-electron chi connectivity index (χ2n) is 5.68. The maximum absolute atomic E-state index is 4.66. The van der Waals surface area contributed by atoms with E-state index in [0.29, 0.717) is 0 Å². The molecule has 0 atom stereocenters. The van der Waals surface area contributed by atoms with Gasteiger partial charge in [0.05, 0.1) is 0 Å². The fourth-order valence-corrected chi connectivity index (χ4v) is 2.43. The Morgan fingerprint density at radius 2 is 1.77 bits per heavy atom. The van der Waals surface area contributed by atoms with E-state index in [0.717, 1.165) is 31.3 Å². The van der Waals surface area contributed by atoms with Crippen molar-refractivity contribution in [1.29, 1.82) is 0 Å². The van der Waals surface area contributed by atoms with Crippen molar-refractivity contribution in [3.63, 3.8) is 0 Å². The van der Waals surface area contributed by atoms with Gasteiger partial charge < -0.3 is 14.4 Å². The molecule has 0 aliphatic carbocycles.